The number of hydrogen-bond donors (Lipinski definition) is 1. The maximum absolute atomic E-state index is 11.5. The van der Waals surface area contributed by atoms with Gasteiger partial charge in [0.1, 0.15) is 12.4 Å². The standard InChI is InChI=1S/C22H17Cl3N2O3/c1-29-22(28)16-6-2-15(3-7-16)13-30-18-8-4-14(5-9-18)12-26-27-21-19(24)10-17(23)11-20(21)25/h2-12,27H,13H2,1H3/b26-12-. The fraction of sp³-hybridized carbons (Fsp3) is 0.0909. The van der Waals surface area contributed by atoms with Crippen LogP contribution in [0, 0.1) is 0 Å². The van der Waals surface area contributed by atoms with Crippen LogP contribution in [0.4, 0.5) is 5.69 Å². The van der Waals surface area contributed by atoms with Gasteiger partial charge >= 0.3 is 5.97 Å². The number of carbonyl (C=O) groups is 1. The van der Waals surface area contributed by atoms with E-state index in [-0.39, 0.29) is 5.97 Å². The lowest BCUT2D eigenvalue weighted by atomic mass is 10.1. The first-order valence-electron chi connectivity index (χ1n) is 8.80. The Morgan fingerprint density at radius 1 is 1.00 bits per heavy atom. The van der Waals surface area contributed by atoms with Crippen LogP contribution in [-0.2, 0) is 11.3 Å². The molecule has 0 aromatic heterocycles. The molecular formula is C22H17Cl3N2O3. The molecule has 8 heteroatoms. The molecule has 3 aromatic rings. The molecule has 0 radical (unpaired) electrons. The van der Waals surface area contributed by atoms with Gasteiger partial charge in [0, 0.05) is 5.02 Å². The number of esters is 1. The van der Waals surface area contributed by atoms with Gasteiger partial charge in [-0.15, -0.1) is 0 Å². The normalized spacial score (nSPS) is 10.8. The van der Waals surface area contributed by atoms with Crippen LogP contribution < -0.4 is 10.2 Å². The molecule has 0 aliphatic heterocycles. The fourth-order valence-electron chi connectivity index (χ4n) is 2.49. The number of nitrogens with one attached hydrogen (secondary N) is 1. The summed E-state index contributed by atoms with van der Waals surface area (Å²) in [6.45, 7) is 0.379. The summed E-state index contributed by atoms with van der Waals surface area (Å²) in [6.07, 6.45) is 1.64. The topological polar surface area (TPSA) is 59.9 Å². The Hall–Kier alpha value is -2.73. The molecule has 0 spiro atoms. The minimum atomic E-state index is -0.366. The van der Waals surface area contributed by atoms with E-state index in [9.17, 15) is 4.79 Å². The maximum atomic E-state index is 11.5. The molecule has 3 rings (SSSR count). The summed E-state index contributed by atoms with van der Waals surface area (Å²) in [5, 5.41) is 5.37. The van der Waals surface area contributed by atoms with E-state index >= 15 is 0 Å². The number of hydrazone groups is 1. The third-order valence-corrected chi connectivity index (χ3v) is 4.87. The van der Waals surface area contributed by atoms with E-state index in [1.807, 2.05) is 36.4 Å². The first-order valence-corrected chi connectivity index (χ1v) is 9.93. The van der Waals surface area contributed by atoms with Crippen molar-refractivity contribution in [2.45, 2.75) is 6.61 Å². The second kappa shape index (κ2) is 10.3. The highest BCUT2D eigenvalue weighted by Crippen LogP contribution is 2.33. The van der Waals surface area contributed by atoms with Crippen LogP contribution in [0.15, 0.2) is 65.8 Å². The molecule has 0 fully saturated rings. The van der Waals surface area contributed by atoms with Gasteiger partial charge in [0.25, 0.3) is 0 Å². The summed E-state index contributed by atoms with van der Waals surface area (Å²) in [5.41, 5.74) is 5.60. The molecule has 0 heterocycles. The van der Waals surface area contributed by atoms with Gasteiger partial charge in [-0.1, -0.05) is 46.9 Å². The van der Waals surface area contributed by atoms with Crippen molar-refractivity contribution in [2.24, 2.45) is 5.10 Å². The third-order valence-electron chi connectivity index (χ3n) is 4.06. The van der Waals surface area contributed by atoms with E-state index in [1.54, 1.807) is 30.5 Å². The quantitative estimate of drug-likeness (QED) is 0.248. The van der Waals surface area contributed by atoms with E-state index in [0.717, 1.165) is 11.1 Å². The summed E-state index contributed by atoms with van der Waals surface area (Å²) in [6, 6.07) is 17.6. The summed E-state index contributed by atoms with van der Waals surface area (Å²) >= 11 is 18.1. The molecule has 5 nitrogen and oxygen atoms in total. The summed E-state index contributed by atoms with van der Waals surface area (Å²) < 4.78 is 10.4. The lowest BCUT2D eigenvalue weighted by Crippen LogP contribution is -2.02. The van der Waals surface area contributed by atoms with Gasteiger partial charge in [-0.3, -0.25) is 5.43 Å². The Kier molecular flexibility index (Phi) is 7.57. The minimum Gasteiger partial charge on any atom is -0.489 e. The Morgan fingerprint density at radius 3 is 2.23 bits per heavy atom. The molecule has 0 bridgehead atoms. The third kappa shape index (κ3) is 5.89. The second-order valence-electron chi connectivity index (χ2n) is 6.16. The predicted molar refractivity (Wildman–Crippen MR) is 121 cm³/mol. The number of hydrogen-bond acceptors (Lipinski definition) is 5. The number of rotatable bonds is 7. The monoisotopic (exact) mass is 462 g/mol. The number of benzene rings is 3. The van der Waals surface area contributed by atoms with Crippen LogP contribution in [-0.4, -0.2) is 19.3 Å². The van der Waals surface area contributed by atoms with Gasteiger partial charge in [-0.05, 0) is 59.7 Å². The SMILES string of the molecule is COC(=O)c1ccc(COc2ccc(/C=N\Nc3c(Cl)cc(Cl)cc3Cl)cc2)cc1. The number of halogens is 3. The molecular weight excluding hydrogens is 447 g/mol. The van der Waals surface area contributed by atoms with E-state index in [1.165, 1.54) is 7.11 Å². The van der Waals surface area contributed by atoms with Crippen LogP contribution in [0.25, 0.3) is 0 Å². The molecule has 0 atom stereocenters. The molecule has 0 amide bonds. The average Bonchev–Trinajstić information content (AvgIpc) is 2.74. The van der Waals surface area contributed by atoms with E-state index in [0.29, 0.717) is 38.7 Å². The Labute approximate surface area is 189 Å². The molecule has 30 heavy (non-hydrogen) atoms. The van der Waals surface area contributed by atoms with Gasteiger partial charge in [0.05, 0.1) is 34.6 Å². The second-order valence-corrected chi connectivity index (χ2v) is 7.41. The number of carbonyl (C=O) groups excluding carboxylic acids is 1. The smallest absolute Gasteiger partial charge is 0.337 e. The van der Waals surface area contributed by atoms with Crippen molar-refractivity contribution in [3.05, 3.63) is 92.4 Å². The molecule has 0 aliphatic carbocycles. The lowest BCUT2D eigenvalue weighted by molar-refractivity contribution is 0.0600. The van der Waals surface area contributed by atoms with Gasteiger partial charge in [0.2, 0.25) is 0 Å². The van der Waals surface area contributed by atoms with Crippen LogP contribution in [0.3, 0.4) is 0 Å². The van der Waals surface area contributed by atoms with Gasteiger partial charge in [0.15, 0.2) is 0 Å². The highest BCUT2D eigenvalue weighted by atomic mass is 35.5. The summed E-state index contributed by atoms with van der Waals surface area (Å²) in [4.78, 5) is 11.5. The Balaban J connectivity index is 1.55. The zero-order chi connectivity index (χ0) is 21.5. The van der Waals surface area contributed by atoms with Crippen LogP contribution in [0.2, 0.25) is 15.1 Å². The highest BCUT2D eigenvalue weighted by Gasteiger charge is 2.07. The first kappa shape index (κ1) is 22.0. The van der Waals surface area contributed by atoms with Crippen molar-refractivity contribution in [1.29, 1.82) is 0 Å². The van der Waals surface area contributed by atoms with Gasteiger partial charge < -0.3 is 9.47 Å². The van der Waals surface area contributed by atoms with Crippen LogP contribution in [0.1, 0.15) is 21.5 Å². The predicted octanol–water partition coefficient (Wildman–Crippen LogP) is 6.46. The maximum Gasteiger partial charge on any atom is 0.337 e. The number of nitrogens with zero attached hydrogens (tertiary/aromatic N) is 1. The van der Waals surface area contributed by atoms with E-state index < -0.39 is 0 Å². The molecule has 0 unspecified atom stereocenters. The lowest BCUT2D eigenvalue weighted by Gasteiger charge is -2.08. The number of ether oxygens (including phenoxy) is 2. The van der Waals surface area contributed by atoms with Crippen molar-refractivity contribution < 1.29 is 14.3 Å². The first-order chi connectivity index (χ1) is 14.5. The molecule has 0 saturated heterocycles. The largest absolute Gasteiger partial charge is 0.489 e. The van der Waals surface area contributed by atoms with Crippen molar-refractivity contribution in [1.82, 2.24) is 0 Å². The van der Waals surface area contributed by atoms with Crippen LogP contribution >= 0.6 is 34.8 Å². The van der Waals surface area contributed by atoms with E-state index in [2.05, 4.69) is 15.3 Å². The molecule has 0 aliphatic rings. The Morgan fingerprint density at radius 2 is 1.63 bits per heavy atom. The number of anilines is 1. The zero-order valence-corrected chi connectivity index (χ0v) is 18.1. The van der Waals surface area contributed by atoms with Crippen molar-refractivity contribution in [2.75, 3.05) is 12.5 Å². The molecule has 3 aromatic carbocycles. The summed E-state index contributed by atoms with van der Waals surface area (Å²) in [7, 11) is 1.35. The van der Waals surface area contributed by atoms with Crippen molar-refractivity contribution >= 4 is 52.7 Å². The van der Waals surface area contributed by atoms with Crippen molar-refractivity contribution in [3.8, 4) is 5.75 Å². The highest BCUT2D eigenvalue weighted by molar-refractivity contribution is 6.41. The summed E-state index contributed by atoms with van der Waals surface area (Å²) in [5.74, 6) is 0.343. The minimum absolute atomic E-state index is 0.366. The van der Waals surface area contributed by atoms with Crippen molar-refractivity contribution in [3.63, 3.8) is 0 Å². The molecule has 154 valence electrons. The molecule has 1 N–H and O–H groups in total. The fourth-order valence-corrected chi connectivity index (χ4v) is 3.39. The van der Waals surface area contributed by atoms with Gasteiger partial charge in [-0.25, -0.2) is 4.79 Å². The average molecular weight is 464 g/mol. The number of methoxy groups -OCH3 is 1. The van der Waals surface area contributed by atoms with Crippen LogP contribution in [0.5, 0.6) is 5.75 Å². The van der Waals surface area contributed by atoms with Gasteiger partial charge in [-0.2, -0.15) is 5.10 Å². The Bertz CT molecular complexity index is 1030. The van der Waals surface area contributed by atoms with E-state index in [4.69, 9.17) is 39.5 Å². The molecule has 0 saturated carbocycles. The zero-order valence-electron chi connectivity index (χ0n) is 15.9.